The van der Waals surface area contributed by atoms with Gasteiger partial charge in [0.1, 0.15) is 0 Å². The lowest BCUT2D eigenvalue weighted by atomic mass is 9.55. The van der Waals surface area contributed by atoms with Crippen LogP contribution in [0, 0.1) is 12.3 Å². The van der Waals surface area contributed by atoms with Gasteiger partial charge in [-0.1, -0.05) is 13.8 Å². The van der Waals surface area contributed by atoms with Gasteiger partial charge in [0.15, 0.2) is 0 Å². The fourth-order valence-corrected chi connectivity index (χ4v) is 3.73. The minimum Gasteiger partial charge on any atom is -0.378 e. The molecule has 1 heterocycles. The second kappa shape index (κ2) is 5.57. The molecular weight excluding hydrogens is 286 g/mol. The quantitative estimate of drug-likeness (QED) is 0.930. The summed E-state index contributed by atoms with van der Waals surface area (Å²) >= 11 is 1.61. The van der Waals surface area contributed by atoms with Crippen LogP contribution >= 0.6 is 11.3 Å². The summed E-state index contributed by atoms with van der Waals surface area (Å²) in [7, 11) is 3.60. The highest BCUT2D eigenvalue weighted by molar-refractivity contribution is 7.11. The van der Waals surface area contributed by atoms with Crippen LogP contribution in [0.25, 0.3) is 0 Å². The normalized spacial score (nSPS) is 27.0. The number of thiazole rings is 1. The van der Waals surface area contributed by atoms with Gasteiger partial charge in [-0.05, 0) is 20.3 Å². The number of aromatic nitrogens is 1. The summed E-state index contributed by atoms with van der Waals surface area (Å²) in [5.41, 5.74) is -0.226. The third kappa shape index (κ3) is 2.79. The lowest BCUT2D eigenvalue weighted by molar-refractivity contribution is -0.198. The zero-order valence-electron chi connectivity index (χ0n) is 13.7. The summed E-state index contributed by atoms with van der Waals surface area (Å²) < 4.78 is 5.62. The lowest BCUT2D eigenvalue weighted by Crippen LogP contribution is -2.69. The van der Waals surface area contributed by atoms with E-state index in [4.69, 9.17) is 4.74 Å². The molecule has 1 saturated carbocycles. The molecule has 2 amide bonds. The van der Waals surface area contributed by atoms with Gasteiger partial charge in [-0.2, -0.15) is 0 Å². The van der Waals surface area contributed by atoms with E-state index < -0.39 is 0 Å². The van der Waals surface area contributed by atoms with E-state index in [9.17, 15) is 4.79 Å². The number of ether oxygens (including phenoxy) is 1. The van der Waals surface area contributed by atoms with Crippen molar-refractivity contribution in [3.05, 3.63) is 16.1 Å². The molecule has 0 unspecified atom stereocenters. The Morgan fingerprint density at radius 2 is 2.24 bits per heavy atom. The Bertz CT molecular complexity index is 529. The molecule has 0 saturated heterocycles. The highest BCUT2D eigenvalue weighted by atomic mass is 32.1. The van der Waals surface area contributed by atoms with Crippen molar-refractivity contribution < 1.29 is 9.53 Å². The number of methoxy groups -OCH3 is 1. The number of hydrogen-bond donors (Lipinski definition) is 1. The molecule has 5 nitrogen and oxygen atoms in total. The van der Waals surface area contributed by atoms with E-state index in [0.29, 0.717) is 6.54 Å². The van der Waals surface area contributed by atoms with Crippen molar-refractivity contribution in [2.75, 3.05) is 14.2 Å². The van der Waals surface area contributed by atoms with Crippen molar-refractivity contribution >= 4 is 17.4 Å². The molecule has 1 fully saturated rings. The highest BCUT2D eigenvalue weighted by Gasteiger charge is 2.59. The average molecular weight is 311 g/mol. The smallest absolute Gasteiger partial charge is 0.317 e. The molecule has 0 spiro atoms. The first kappa shape index (κ1) is 16.2. The summed E-state index contributed by atoms with van der Waals surface area (Å²) in [6.45, 7) is 8.91. The fraction of sp³-hybridized carbons (Fsp3) is 0.733. The molecule has 1 aromatic rings. The summed E-state index contributed by atoms with van der Waals surface area (Å²) in [5.74, 6) is 0. The Hall–Kier alpha value is -1.14. The summed E-state index contributed by atoms with van der Waals surface area (Å²) in [6.07, 6.45) is 2.68. The van der Waals surface area contributed by atoms with Crippen LogP contribution in [0.1, 0.15) is 37.1 Å². The van der Waals surface area contributed by atoms with E-state index in [0.717, 1.165) is 16.3 Å². The fourth-order valence-electron chi connectivity index (χ4n) is 2.99. The number of hydrogen-bond acceptors (Lipinski definition) is 4. The Morgan fingerprint density at radius 1 is 1.57 bits per heavy atom. The zero-order chi connectivity index (χ0) is 15.8. The summed E-state index contributed by atoms with van der Waals surface area (Å²) in [5, 5.41) is 3.98. The number of amides is 2. The van der Waals surface area contributed by atoms with Gasteiger partial charge in [-0.25, -0.2) is 9.78 Å². The van der Waals surface area contributed by atoms with Gasteiger partial charge in [-0.15, -0.1) is 11.3 Å². The Labute approximate surface area is 130 Å². The SMILES string of the molecule is CO[C@@]1(C)C[C@H](N(C)C(=O)NCc2cnc(C)s2)C1(C)C. The van der Waals surface area contributed by atoms with Gasteiger partial charge in [0.05, 0.1) is 17.2 Å². The minimum atomic E-state index is -0.166. The molecule has 0 aliphatic heterocycles. The van der Waals surface area contributed by atoms with E-state index in [1.54, 1.807) is 23.3 Å². The van der Waals surface area contributed by atoms with Crippen molar-refractivity contribution in [1.29, 1.82) is 0 Å². The maximum absolute atomic E-state index is 12.3. The molecule has 118 valence electrons. The van der Waals surface area contributed by atoms with Crippen molar-refractivity contribution in [2.24, 2.45) is 5.41 Å². The van der Waals surface area contributed by atoms with Crippen LogP contribution < -0.4 is 5.32 Å². The third-order valence-electron chi connectivity index (χ3n) is 5.10. The van der Waals surface area contributed by atoms with Crippen LogP contribution in [-0.4, -0.2) is 41.7 Å². The highest BCUT2D eigenvalue weighted by Crippen LogP contribution is 2.53. The van der Waals surface area contributed by atoms with Gasteiger partial charge in [0, 0.05) is 36.7 Å². The van der Waals surface area contributed by atoms with Gasteiger partial charge in [0.2, 0.25) is 0 Å². The maximum Gasteiger partial charge on any atom is 0.317 e. The number of carbonyl (C=O) groups excluding carboxylic acids is 1. The first-order valence-electron chi connectivity index (χ1n) is 7.18. The number of carbonyl (C=O) groups is 1. The van der Waals surface area contributed by atoms with Crippen LogP contribution in [-0.2, 0) is 11.3 Å². The molecule has 1 N–H and O–H groups in total. The second-order valence-corrected chi connectivity index (χ2v) is 7.81. The number of aryl methyl sites for hydroxylation is 1. The van der Waals surface area contributed by atoms with Crippen LogP contribution in [0.2, 0.25) is 0 Å². The molecule has 6 heteroatoms. The Balaban J connectivity index is 1.92. The third-order valence-corrected chi connectivity index (χ3v) is 6.01. The second-order valence-electron chi connectivity index (χ2n) is 6.49. The molecule has 1 aliphatic carbocycles. The van der Waals surface area contributed by atoms with Crippen molar-refractivity contribution in [3.63, 3.8) is 0 Å². The topological polar surface area (TPSA) is 54.5 Å². The summed E-state index contributed by atoms with van der Waals surface area (Å²) in [6, 6.07) is 0.142. The standard InChI is InChI=1S/C15H25N3O2S/c1-10-16-8-11(21-10)9-17-13(19)18(5)12-7-15(4,20-6)14(12,2)3/h8,12H,7,9H2,1-6H3,(H,17,19)/t12-,15-/m0/s1. The predicted octanol–water partition coefficient (Wildman–Crippen LogP) is 2.80. The average Bonchev–Trinajstić information content (AvgIpc) is 2.86. The molecule has 0 radical (unpaired) electrons. The lowest BCUT2D eigenvalue weighted by Gasteiger charge is -2.61. The predicted molar refractivity (Wildman–Crippen MR) is 84.4 cm³/mol. The molecule has 1 aliphatic rings. The molecular formula is C15H25N3O2S. The largest absolute Gasteiger partial charge is 0.378 e. The van der Waals surface area contributed by atoms with Gasteiger partial charge in [0.25, 0.3) is 0 Å². The van der Waals surface area contributed by atoms with E-state index >= 15 is 0 Å². The minimum absolute atomic E-state index is 0.0442. The molecule has 21 heavy (non-hydrogen) atoms. The zero-order valence-corrected chi connectivity index (χ0v) is 14.5. The van der Waals surface area contributed by atoms with Crippen molar-refractivity contribution in [3.8, 4) is 0 Å². The number of urea groups is 1. The summed E-state index contributed by atoms with van der Waals surface area (Å²) in [4.78, 5) is 19.4. The number of nitrogens with one attached hydrogen (secondary N) is 1. The van der Waals surface area contributed by atoms with Gasteiger partial charge < -0.3 is 15.0 Å². The van der Waals surface area contributed by atoms with Crippen LogP contribution in [0.4, 0.5) is 4.79 Å². The Morgan fingerprint density at radius 3 is 2.71 bits per heavy atom. The molecule has 2 rings (SSSR count). The van der Waals surface area contributed by atoms with Gasteiger partial charge >= 0.3 is 6.03 Å². The number of rotatable bonds is 4. The molecule has 1 aromatic heterocycles. The van der Waals surface area contributed by atoms with Crippen LogP contribution in [0.5, 0.6) is 0 Å². The Kier molecular flexibility index (Phi) is 4.31. The van der Waals surface area contributed by atoms with Crippen molar-refractivity contribution in [1.82, 2.24) is 15.2 Å². The number of nitrogens with zero attached hydrogens (tertiary/aromatic N) is 2. The maximum atomic E-state index is 12.3. The monoisotopic (exact) mass is 311 g/mol. The van der Waals surface area contributed by atoms with Gasteiger partial charge in [-0.3, -0.25) is 0 Å². The molecule has 0 bridgehead atoms. The van der Waals surface area contributed by atoms with E-state index in [-0.39, 0.29) is 23.1 Å². The first-order valence-corrected chi connectivity index (χ1v) is 8.00. The van der Waals surface area contributed by atoms with Crippen LogP contribution in [0.15, 0.2) is 6.20 Å². The van der Waals surface area contributed by atoms with E-state index in [1.807, 2.05) is 20.2 Å². The first-order chi connectivity index (χ1) is 9.71. The molecule has 0 aromatic carbocycles. The van der Waals surface area contributed by atoms with Crippen LogP contribution in [0.3, 0.4) is 0 Å². The molecule has 2 atom stereocenters. The van der Waals surface area contributed by atoms with E-state index in [1.165, 1.54) is 0 Å². The van der Waals surface area contributed by atoms with E-state index in [2.05, 4.69) is 31.1 Å². The van der Waals surface area contributed by atoms with Crippen molar-refractivity contribution in [2.45, 2.75) is 52.3 Å².